The maximum absolute atomic E-state index is 11.8. The van der Waals surface area contributed by atoms with Gasteiger partial charge >= 0.3 is 127 Å². The molecular formula is C21H18NO3SWY-3. The summed E-state index contributed by atoms with van der Waals surface area (Å²) in [5.74, 6) is 15.0. The van der Waals surface area contributed by atoms with Crippen LogP contribution in [0.3, 0.4) is 0 Å². The summed E-state index contributed by atoms with van der Waals surface area (Å²) in [4.78, 5) is 23.1. The molecule has 1 saturated heterocycles. The topological polar surface area (TPSA) is 66.4 Å². The fraction of sp³-hybridized carbons (Fsp3) is 0.286. The van der Waals surface area contributed by atoms with Crippen LogP contribution in [0.25, 0.3) is 0 Å². The van der Waals surface area contributed by atoms with Crippen molar-refractivity contribution in [3.05, 3.63) is 36.8 Å². The second-order valence-corrected chi connectivity index (χ2v) is 7.96. The Kier molecular flexibility index (Phi) is 14.5. The molecule has 0 aromatic heterocycles. The van der Waals surface area contributed by atoms with E-state index in [1.54, 1.807) is 13.8 Å². The van der Waals surface area contributed by atoms with Crippen molar-refractivity contribution in [1.82, 2.24) is 5.32 Å². The molecule has 1 radical (unpaired) electrons. The van der Waals surface area contributed by atoms with E-state index in [0.29, 0.717) is 6.42 Å². The fourth-order valence-electron chi connectivity index (χ4n) is 2.27. The largest absolute Gasteiger partial charge is 0 e. The third-order valence-corrected chi connectivity index (χ3v) is 6.34. The third kappa shape index (κ3) is 9.54. The van der Waals surface area contributed by atoms with Crippen molar-refractivity contribution >= 4 is 26.8 Å². The first kappa shape index (κ1) is 27.1. The number of hydrogen-bond acceptors (Lipinski definition) is 4. The molecule has 2 amide bonds. The number of amides is 2. The molecule has 2 unspecified atom stereocenters. The van der Waals surface area contributed by atoms with E-state index in [9.17, 15) is 14.7 Å². The van der Waals surface area contributed by atoms with Crippen LogP contribution >= 0.6 is 11.8 Å². The van der Waals surface area contributed by atoms with Crippen LogP contribution in [0.2, 0.25) is 0 Å². The summed E-state index contributed by atoms with van der Waals surface area (Å²) in [5, 5.41) is 10.8. The molecule has 0 aromatic rings. The average Bonchev–Trinajstić information content (AvgIpc) is 2.85. The monoisotopic (exact) mass is 637 g/mol. The first-order valence-electron chi connectivity index (χ1n) is 7.96. The number of aliphatic hydroxyl groups excluding tert-OH is 1. The summed E-state index contributed by atoms with van der Waals surface area (Å²) in [5.41, 5.74) is 0.932. The van der Waals surface area contributed by atoms with Gasteiger partial charge in [-0.05, 0) is 37.5 Å². The van der Waals surface area contributed by atoms with Gasteiger partial charge in [0.25, 0.3) is 0 Å². The Bertz CT molecular complexity index is 822. The Balaban J connectivity index is 0.000000694. The van der Waals surface area contributed by atoms with Gasteiger partial charge in [0.2, 0.25) is 0 Å². The van der Waals surface area contributed by atoms with Crippen LogP contribution in [-0.2, 0) is 56.9 Å². The number of carbonyl (C=O) groups is 2. The van der Waals surface area contributed by atoms with Gasteiger partial charge in [-0.25, -0.2) is 0 Å². The van der Waals surface area contributed by atoms with Crippen molar-refractivity contribution in [3.8, 4) is 35.5 Å². The van der Waals surface area contributed by atoms with E-state index >= 15 is 0 Å². The zero-order chi connectivity index (χ0) is 20.2. The van der Waals surface area contributed by atoms with Gasteiger partial charge in [-0.1, -0.05) is 11.8 Å². The normalized spacial score (nSPS) is 21.6. The summed E-state index contributed by atoms with van der Waals surface area (Å²) in [7, 11) is 0. The molecule has 1 saturated carbocycles. The number of hydrogen-bond donors (Lipinski definition) is 2. The van der Waals surface area contributed by atoms with Gasteiger partial charge in [-0.3, -0.25) is 0 Å². The van der Waals surface area contributed by atoms with E-state index in [2.05, 4.69) is 47.3 Å². The molecule has 1 aliphatic carbocycles. The molecule has 0 spiro atoms. The molecule has 2 aliphatic rings. The predicted octanol–water partition coefficient (Wildman–Crippen LogP) is 2.71. The minimum Gasteiger partial charge on any atom is 0 e. The van der Waals surface area contributed by atoms with E-state index in [1.807, 2.05) is 6.42 Å². The molecular weight excluding hydrogens is 619 g/mol. The zero-order valence-corrected chi connectivity index (χ0v) is 22.1. The molecule has 2 rings (SSSR count). The second-order valence-electron chi connectivity index (χ2n) is 5.26. The molecule has 0 aromatic carbocycles. The molecule has 1 aliphatic heterocycles. The minimum atomic E-state index is -0.408. The molecule has 2 atom stereocenters. The van der Waals surface area contributed by atoms with Gasteiger partial charge in [0.15, 0.2) is 0 Å². The van der Waals surface area contributed by atoms with Gasteiger partial charge in [-0.2, -0.15) is 0 Å². The van der Waals surface area contributed by atoms with Crippen molar-refractivity contribution in [2.75, 3.05) is 0 Å². The smallest absolute Gasteiger partial charge is 0 e. The number of carbonyl (C=O) groups excluding carboxylic acids is 2. The predicted molar refractivity (Wildman–Crippen MR) is 104 cm³/mol. The van der Waals surface area contributed by atoms with Gasteiger partial charge < -0.3 is 0 Å². The first-order chi connectivity index (χ1) is 12.9. The third-order valence-electron chi connectivity index (χ3n) is 3.34. The molecule has 1 heterocycles. The number of thioether (sulfide) groups is 1. The van der Waals surface area contributed by atoms with Crippen molar-refractivity contribution in [1.29, 1.82) is 0 Å². The summed E-state index contributed by atoms with van der Waals surface area (Å²) in [6, 6.07) is 0. The van der Waals surface area contributed by atoms with E-state index < -0.39 is 5.25 Å². The second kappa shape index (κ2) is 15.0. The van der Waals surface area contributed by atoms with E-state index in [1.165, 1.54) is 25.4 Å². The van der Waals surface area contributed by atoms with Crippen LogP contribution in [0, 0.1) is 60.9 Å². The summed E-state index contributed by atoms with van der Waals surface area (Å²) < 4.78 is 1.05. The Labute approximate surface area is 207 Å². The SMILES string of the molecule is CC#CC#CC#CC.[CH-]=C(O)C=C1C[CH-]C[CH-]C(C2SC(=O)NC2=O)[C]1=[W].[Y]. The Morgan fingerprint density at radius 3 is 2.36 bits per heavy atom. The average molecular weight is 637 g/mol. The number of allylic oxidation sites excluding steroid dienone is 2. The molecule has 4 nitrogen and oxygen atoms in total. The van der Waals surface area contributed by atoms with Crippen LogP contribution in [0.15, 0.2) is 17.4 Å². The van der Waals surface area contributed by atoms with Crippen LogP contribution in [0.4, 0.5) is 4.79 Å². The Morgan fingerprint density at radius 1 is 1.29 bits per heavy atom. The fourth-order valence-corrected chi connectivity index (χ4v) is 4.90. The van der Waals surface area contributed by atoms with Crippen molar-refractivity contribution in [2.45, 2.75) is 31.9 Å². The van der Waals surface area contributed by atoms with Crippen molar-refractivity contribution in [2.24, 2.45) is 5.92 Å². The maximum Gasteiger partial charge on any atom is 0 e. The first-order valence-corrected chi connectivity index (χ1v) is 10.3. The molecule has 2 fully saturated rings. The van der Waals surface area contributed by atoms with Gasteiger partial charge in [-0.15, -0.1) is 0 Å². The Hall–Kier alpha value is -0.888. The number of imide groups is 1. The molecule has 28 heavy (non-hydrogen) atoms. The summed E-state index contributed by atoms with van der Waals surface area (Å²) in [6.45, 7) is 8.80. The molecule has 7 heteroatoms. The number of nitrogens with one attached hydrogen (secondary N) is 1. The van der Waals surface area contributed by atoms with Crippen LogP contribution in [0.1, 0.15) is 26.7 Å². The minimum absolute atomic E-state index is 0. The van der Waals surface area contributed by atoms with Crippen LogP contribution < -0.4 is 5.32 Å². The molecule has 2 N–H and O–H groups in total. The molecule has 0 bridgehead atoms. The quantitative estimate of drug-likeness (QED) is 0.212. The van der Waals surface area contributed by atoms with Crippen molar-refractivity contribution < 1.29 is 66.8 Å². The van der Waals surface area contributed by atoms with Crippen LogP contribution in [0.5, 0.6) is 0 Å². The zero-order valence-electron chi connectivity index (χ0n) is 15.5. The maximum atomic E-state index is 11.8. The summed E-state index contributed by atoms with van der Waals surface area (Å²) in [6.07, 6.45) is 7.12. The van der Waals surface area contributed by atoms with E-state index in [-0.39, 0.29) is 55.5 Å². The van der Waals surface area contributed by atoms with Crippen LogP contribution in [-0.4, -0.2) is 25.4 Å². The summed E-state index contributed by atoms with van der Waals surface area (Å²) >= 11 is 2.25. The van der Waals surface area contributed by atoms with Gasteiger partial charge in [0.1, 0.15) is 0 Å². The van der Waals surface area contributed by atoms with E-state index in [0.717, 1.165) is 27.7 Å². The Morgan fingerprint density at radius 2 is 1.89 bits per heavy atom. The number of aliphatic hydroxyl groups is 1. The van der Waals surface area contributed by atoms with Gasteiger partial charge in [0, 0.05) is 32.7 Å². The molecule has 143 valence electrons. The number of rotatable bonds is 2. The van der Waals surface area contributed by atoms with Gasteiger partial charge in [0.05, 0.1) is 0 Å². The van der Waals surface area contributed by atoms with Crippen molar-refractivity contribution in [3.63, 3.8) is 0 Å². The standard InChI is InChI=1S/C13H12NO3S.C8H6.W.Y/c1-8(15)6-9-4-2-3-5-10(7-9)11-12(16)14-13(17)18-11;1-3-5-7-8-6-4-2;;/h1-2,5-6,10-11,15H,3-4H2,(H,14,16,17);1-2H3;;/q-3;;;. The van der Waals surface area contributed by atoms with E-state index in [4.69, 9.17) is 6.58 Å².